The van der Waals surface area contributed by atoms with Gasteiger partial charge < -0.3 is 10.6 Å². The molecule has 0 spiro atoms. The highest BCUT2D eigenvalue weighted by Crippen LogP contribution is 2.20. The Kier molecular flexibility index (Phi) is 4.62. The molecule has 14 heavy (non-hydrogen) atoms. The summed E-state index contributed by atoms with van der Waals surface area (Å²) in [5, 5.41) is 4.82. The first kappa shape index (κ1) is 11.2. The number of amides is 2. The van der Waals surface area contributed by atoms with E-state index in [9.17, 15) is 13.6 Å². The zero-order valence-corrected chi connectivity index (χ0v) is 8.06. The Morgan fingerprint density at radius 1 is 1.36 bits per heavy atom. The molecule has 0 heterocycles. The van der Waals surface area contributed by atoms with Gasteiger partial charge in [0.1, 0.15) is 12.8 Å². The van der Waals surface area contributed by atoms with Crippen LogP contribution in [0.4, 0.5) is 13.6 Å². The summed E-state index contributed by atoms with van der Waals surface area (Å²) in [7, 11) is 0. The molecular formula is C9H16F2N2O. The van der Waals surface area contributed by atoms with Gasteiger partial charge in [0, 0.05) is 6.54 Å². The third-order valence-electron chi connectivity index (χ3n) is 2.38. The second-order valence-corrected chi connectivity index (χ2v) is 3.50. The zero-order chi connectivity index (χ0) is 10.4. The minimum atomic E-state index is -0.958. The van der Waals surface area contributed by atoms with Gasteiger partial charge in [-0.1, -0.05) is 12.8 Å². The molecule has 1 fully saturated rings. The van der Waals surface area contributed by atoms with Crippen molar-refractivity contribution in [1.82, 2.24) is 10.6 Å². The zero-order valence-electron chi connectivity index (χ0n) is 8.06. The van der Waals surface area contributed by atoms with Gasteiger partial charge in [0.05, 0.1) is 6.04 Å². The lowest BCUT2D eigenvalue weighted by molar-refractivity contribution is 0.183. The third kappa shape index (κ3) is 3.47. The number of nitrogens with one attached hydrogen (secondary N) is 2. The third-order valence-corrected chi connectivity index (χ3v) is 2.38. The van der Waals surface area contributed by atoms with Gasteiger partial charge in [-0.15, -0.1) is 0 Å². The molecule has 2 amide bonds. The Balaban J connectivity index is 2.23. The minimum Gasteiger partial charge on any atom is -0.336 e. The maximum atomic E-state index is 13.2. The van der Waals surface area contributed by atoms with Gasteiger partial charge in [0.25, 0.3) is 0 Å². The number of carbonyl (C=O) groups is 1. The van der Waals surface area contributed by atoms with E-state index in [1.165, 1.54) is 0 Å². The number of urea groups is 1. The fourth-order valence-corrected chi connectivity index (χ4v) is 1.63. The second kappa shape index (κ2) is 5.78. The van der Waals surface area contributed by atoms with Gasteiger partial charge in [-0.25, -0.2) is 13.6 Å². The number of halogens is 2. The highest BCUT2D eigenvalue weighted by molar-refractivity contribution is 5.74. The SMILES string of the molecule is O=C(NCCF)NC1CCCCC1F. The van der Waals surface area contributed by atoms with Crippen molar-refractivity contribution >= 4 is 6.03 Å². The Labute approximate surface area is 82.2 Å². The van der Waals surface area contributed by atoms with E-state index in [0.29, 0.717) is 12.8 Å². The van der Waals surface area contributed by atoms with Crippen molar-refractivity contribution in [3.63, 3.8) is 0 Å². The molecule has 1 rings (SSSR count). The molecule has 1 aliphatic rings. The van der Waals surface area contributed by atoms with Gasteiger partial charge in [-0.05, 0) is 12.8 Å². The van der Waals surface area contributed by atoms with Gasteiger partial charge in [0.15, 0.2) is 0 Å². The van der Waals surface area contributed by atoms with E-state index in [1.807, 2.05) is 0 Å². The van der Waals surface area contributed by atoms with Crippen molar-refractivity contribution < 1.29 is 13.6 Å². The molecular weight excluding hydrogens is 190 g/mol. The number of carbonyl (C=O) groups excluding carboxylic acids is 1. The quantitative estimate of drug-likeness (QED) is 0.722. The number of hydrogen-bond donors (Lipinski definition) is 2. The maximum Gasteiger partial charge on any atom is 0.315 e. The first-order valence-corrected chi connectivity index (χ1v) is 4.98. The van der Waals surface area contributed by atoms with E-state index >= 15 is 0 Å². The molecule has 2 N–H and O–H groups in total. The average Bonchev–Trinajstić information content (AvgIpc) is 2.18. The van der Waals surface area contributed by atoms with Crippen LogP contribution in [-0.2, 0) is 0 Å². The molecule has 1 aliphatic carbocycles. The molecule has 0 bridgehead atoms. The average molecular weight is 206 g/mol. The molecule has 0 aromatic carbocycles. The van der Waals surface area contributed by atoms with Crippen LogP contribution in [0.25, 0.3) is 0 Å². The largest absolute Gasteiger partial charge is 0.336 e. The molecule has 2 unspecified atom stereocenters. The Hall–Kier alpha value is -0.870. The highest BCUT2D eigenvalue weighted by Gasteiger charge is 2.25. The second-order valence-electron chi connectivity index (χ2n) is 3.50. The van der Waals surface area contributed by atoms with E-state index in [-0.39, 0.29) is 6.54 Å². The number of alkyl halides is 2. The lowest BCUT2D eigenvalue weighted by Gasteiger charge is -2.26. The van der Waals surface area contributed by atoms with Gasteiger partial charge in [-0.2, -0.15) is 0 Å². The molecule has 5 heteroatoms. The topological polar surface area (TPSA) is 41.1 Å². The van der Waals surface area contributed by atoms with Crippen molar-refractivity contribution in [2.45, 2.75) is 37.9 Å². The summed E-state index contributed by atoms with van der Waals surface area (Å²) in [5.41, 5.74) is 0. The van der Waals surface area contributed by atoms with E-state index in [4.69, 9.17) is 0 Å². The summed E-state index contributed by atoms with van der Waals surface area (Å²) in [6.07, 6.45) is 2.04. The van der Waals surface area contributed by atoms with Crippen molar-refractivity contribution in [2.75, 3.05) is 13.2 Å². The molecule has 0 aliphatic heterocycles. The van der Waals surface area contributed by atoms with Crippen LogP contribution >= 0.6 is 0 Å². The highest BCUT2D eigenvalue weighted by atomic mass is 19.1. The monoisotopic (exact) mass is 206 g/mol. The van der Waals surface area contributed by atoms with Crippen LogP contribution in [0.2, 0.25) is 0 Å². The number of rotatable bonds is 3. The van der Waals surface area contributed by atoms with Crippen molar-refractivity contribution in [2.24, 2.45) is 0 Å². The van der Waals surface area contributed by atoms with Crippen LogP contribution in [0, 0.1) is 0 Å². The Morgan fingerprint density at radius 2 is 2.07 bits per heavy atom. The van der Waals surface area contributed by atoms with Gasteiger partial charge in [0.2, 0.25) is 0 Å². The van der Waals surface area contributed by atoms with E-state index < -0.39 is 24.9 Å². The summed E-state index contributed by atoms with van der Waals surface area (Å²) in [6.45, 7) is -0.618. The van der Waals surface area contributed by atoms with Crippen molar-refractivity contribution in [3.8, 4) is 0 Å². The van der Waals surface area contributed by atoms with E-state index in [1.54, 1.807) is 0 Å². The predicted octanol–water partition coefficient (Wildman–Crippen LogP) is 1.54. The van der Waals surface area contributed by atoms with Crippen LogP contribution in [0.3, 0.4) is 0 Å². The fraction of sp³-hybridized carbons (Fsp3) is 0.889. The molecule has 3 nitrogen and oxygen atoms in total. The van der Waals surface area contributed by atoms with Crippen LogP contribution in [0.5, 0.6) is 0 Å². The van der Waals surface area contributed by atoms with Crippen LogP contribution in [0.15, 0.2) is 0 Å². The Morgan fingerprint density at radius 3 is 2.71 bits per heavy atom. The molecule has 2 atom stereocenters. The molecule has 0 radical (unpaired) electrons. The lowest BCUT2D eigenvalue weighted by atomic mass is 9.94. The van der Waals surface area contributed by atoms with E-state index in [0.717, 1.165) is 12.8 Å². The number of hydrogen-bond acceptors (Lipinski definition) is 1. The van der Waals surface area contributed by atoms with Crippen molar-refractivity contribution in [3.05, 3.63) is 0 Å². The maximum absolute atomic E-state index is 13.2. The first-order valence-electron chi connectivity index (χ1n) is 4.98. The van der Waals surface area contributed by atoms with E-state index in [2.05, 4.69) is 10.6 Å². The van der Waals surface area contributed by atoms with Crippen molar-refractivity contribution in [1.29, 1.82) is 0 Å². The molecule has 82 valence electrons. The minimum absolute atomic E-state index is 0.0183. The Bertz CT molecular complexity index is 190. The van der Waals surface area contributed by atoms with Crippen LogP contribution in [-0.4, -0.2) is 31.5 Å². The fourth-order valence-electron chi connectivity index (χ4n) is 1.63. The molecule has 1 saturated carbocycles. The van der Waals surface area contributed by atoms with Crippen LogP contribution < -0.4 is 10.6 Å². The molecule has 0 aromatic rings. The van der Waals surface area contributed by atoms with Crippen LogP contribution in [0.1, 0.15) is 25.7 Å². The normalized spacial score (nSPS) is 27.0. The predicted molar refractivity (Wildman–Crippen MR) is 49.7 cm³/mol. The summed E-state index contributed by atoms with van der Waals surface area (Å²) in [6, 6.07) is -0.874. The lowest BCUT2D eigenvalue weighted by Crippen LogP contribution is -2.48. The first-order chi connectivity index (χ1) is 6.74. The smallest absolute Gasteiger partial charge is 0.315 e. The summed E-state index contributed by atoms with van der Waals surface area (Å²) in [5.74, 6) is 0. The molecule has 0 saturated heterocycles. The van der Waals surface area contributed by atoms with Gasteiger partial charge in [-0.3, -0.25) is 0 Å². The summed E-state index contributed by atoms with van der Waals surface area (Å²) in [4.78, 5) is 11.1. The standard InChI is InChI=1S/C9H16F2N2O/c10-5-6-12-9(14)13-8-4-2-1-3-7(8)11/h7-8H,1-6H2,(H2,12,13,14). The summed E-state index contributed by atoms with van der Waals surface area (Å²) < 4.78 is 24.9. The van der Waals surface area contributed by atoms with Gasteiger partial charge >= 0.3 is 6.03 Å². The molecule has 0 aromatic heterocycles. The summed E-state index contributed by atoms with van der Waals surface area (Å²) >= 11 is 0.